The number of nitrogens with one attached hydrogen (secondary N) is 1. The molecule has 1 fully saturated rings. The zero-order valence-electron chi connectivity index (χ0n) is 6.62. The molecule has 4 heteroatoms. The van der Waals surface area contributed by atoms with Crippen molar-refractivity contribution >= 4 is 11.9 Å². The van der Waals surface area contributed by atoms with Gasteiger partial charge in [0.25, 0.3) is 0 Å². The molecule has 2 N–H and O–H groups in total. The molecule has 66 valence electrons. The van der Waals surface area contributed by atoms with Gasteiger partial charge in [0.05, 0.1) is 0 Å². The van der Waals surface area contributed by atoms with Crippen LogP contribution in [0.2, 0.25) is 0 Å². The summed E-state index contributed by atoms with van der Waals surface area (Å²) in [6.45, 7) is 3.50. The van der Waals surface area contributed by atoms with Gasteiger partial charge in [-0.25, -0.2) is 4.79 Å². The number of allylic oxidation sites excluding steroid dienone is 1. The molecule has 0 spiro atoms. The SMILES string of the molecule is C=CCC1CC(C(=O)O)NC1=O. The Kier molecular flexibility index (Phi) is 2.47. The van der Waals surface area contributed by atoms with Crippen molar-refractivity contribution in [3.8, 4) is 0 Å². The molecule has 0 aromatic carbocycles. The Morgan fingerprint density at radius 3 is 2.92 bits per heavy atom. The smallest absolute Gasteiger partial charge is 0.326 e. The van der Waals surface area contributed by atoms with Gasteiger partial charge in [0.2, 0.25) is 5.91 Å². The van der Waals surface area contributed by atoms with E-state index in [1.54, 1.807) is 6.08 Å². The monoisotopic (exact) mass is 169 g/mol. The first-order chi connectivity index (χ1) is 5.65. The number of amides is 1. The Morgan fingerprint density at radius 2 is 2.50 bits per heavy atom. The Bertz CT molecular complexity index is 224. The summed E-state index contributed by atoms with van der Waals surface area (Å²) in [4.78, 5) is 21.5. The maximum Gasteiger partial charge on any atom is 0.326 e. The summed E-state index contributed by atoms with van der Waals surface area (Å²) in [7, 11) is 0. The fourth-order valence-electron chi connectivity index (χ4n) is 1.31. The summed E-state index contributed by atoms with van der Waals surface area (Å²) < 4.78 is 0. The third-order valence-electron chi connectivity index (χ3n) is 1.96. The molecule has 0 aromatic rings. The van der Waals surface area contributed by atoms with E-state index in [4.69, 9.17) is 5.11 Å². The topological polar surface area (TPSA) is 66.4 Å². The highest BCUT2D eigenvalue weighted by atomic mass is 16.4. The Hall–Kier alpha value is -1.32. The average Bonchev–Trinajstić information content (AvgIpc) is 2.34. The van der Waals surface area contributed by atoms with Crippen LogP contribution in [0.15, 0.2) is 12.7 Å². The highest BCUT2D eigenvalue weighted by Crippen LogP contribution is 2.19. The van der Waals surface area contributed by atoms with Gasteiger partial charge in [0.15, 0.2) is 0 Å². The van der Waals surface area contributed by atoms with Gasteiger partial charge < -0.3 is 10.4 Å². The van der Waals surface area contributed by atoms with Crippen molar-refractivity contribution in [2.45, 2.75) is 18.9 Å². The van der Waals surface area contributed by atoms with Gasteiger partial charge in [0.1, 0.15) is 6.04 Å². The molecule has 4 nitrogen and oxygen atoms in total. The molecule has 2 atom stereocenters. The summed E-state index contributed by atoms with van der Waals surface area (Å²) in [5.41, 5.74) is 0. The molecule has 1 aliphatic rings. The number of carboxylic acids is 1. The average molecular weight is 169 g/mol. The zero-order chi connectivity index (χ0) is 9.14. The van der Waals surface area contributed by atoms with Crippen LogP contribution in [-0.2, 0) is 9.59 Å². The second-order valence-electron chi connectivity index (χ2n) is 2.86. The molecule has 0 aliphatic carbocycles. The largest absolute Gasteiger partial charge is 0.480 e. The molecule has 0 aromatic heterocycles. The summed E-state index contributed by atoms with van der Waals surface area (Å²) in [5.74, 6) is -1.35. The summed E-state index contributed by atoms with van der Waals surface area (Å²) >= 11 is 0. The third-order valence-corrected chi connectivity index (χ3v) is 1.96. The van der Waals surface area contributed by atoms with E-state index >= 15 is 0 Å². The molecule has 0 bridgehead atoms. The van der Waals surface area contributed by atoms with Crippen LogP contribution in [0.4, 0.5) is 0 Å². The second kappa shape index (κ2) is 3.38. The minimum atomic E-state index is -0.963. The summed E-state index contributed by atoms with van der Waals surface area (Å²) in [6, 6.07) is -0.706. The molecular formula is C8H11NO3. The molecule has 12 heavy (non-hydrogen) atoms. The van der Waals surface area contributed by atoms with Crippen molar-refractivity contribution in [3.05, 3.63) is 12.7 Å². The lowest BCUT2D eigenvalue weighted by molar-refractivity contribution is -0.140. The highest BCUT2D eigenvalue weighted by molar-refractivity contribution is 5.88. The molecule has 1 heterocycles. The molecule has 0 radical (unpaired) electrons. The first kappa shape index (κ1) is 8.77. The Morgan fingerprint density at radius 1 is 1.83 bits per heavy atom. The van der Waals surface area contributed by atoms with Crippen molar-refractivity contribution in [1.29, 1.82) is 0 Å². The lowest BCUT2D eigenvalue weighted by atomic mass is 10.0. The van der Waals surface area contributed by atoms with Crippen molar-refractivity contribution in [3.63, 3.8) is 0 Å². The van der Waals surface area contributed by atoms with Crippen LogP contribution in [0.3, 0.4) is 0 Å². The molecule has 1 rings (SSSR count). The van der Waals surface area contributed by atoms with E-state index in [1.807, 2.05) is 0 Å². The van der Waals surface area contributed by atoms with Crippen molar-refractivity contribution in [1.82, 2.24) is 5.32 Å². The normalized spacial score (nSPS) is 28.2. The zero-order valence-corrected chi connectivity index (χ0v) is 6.62. The van der Waals surface area contributed by atoms with Crippen LogP contribution in [0, 0.1) is 5.92 Å². The predicted molar refractivity (Wildman–Crippen MR) is 42.5 cm³/mol. The molecule has 1 saturated heterocycles. The molecule has 0 saturated carbocycles. The fraction of sp³-hybridized carbons (Fsp3) is 0.500. The number of hydrogen-bond donors (Lipinski definition) is 2. The molecule has 2 unspecified atom stereocenters. The Labute approximate surface area is 70.3 Å². The predicted octanol–water partition coefficient (Wildman–Crippen LogP) is 0.152. The summed E-state index contributed by atoms with van der Waals surface area (Å²) in [5, 5.41) is 11.0. The maximum atomic E-state index is 11.1. The van der Waals surface area contributed by atoms with E-state index in [2.05, 4.69) is 11.9 Å². The van der Waals surface area contributed by atoms with E-state index in [-0.39, 0.29) is 11.8 Å². The number of rotatable bonds is 3. The van der Waals surface area contributed by atoms with Gasteiger partial charge >= 0.3 is 5.97 Å². The fourth-order valence-corrected chi connectivity index (χ4v) is 1.31. The standard InChI is InChI=1S/C8H11NO3/c1-2-3-5-4-6(8(11)12)9-7(5)10/h2,5-6H,1,3-4H2,(H,9,10)(H,11,12). The van der Waals surface area contributed by atoms with Crippen molar-refractivity contribution in [2.75, 3.05) is 0 Å². The molecular weight excluding hydrogens is 158 g/mol. The van der Waals surface area contributed by atoms with Gasteiger partial charge in [-0.05, 0) is 12.8 Å². The van der Waals surface area contributed by atoms with Gasteiger partial charge in [0, 0.05) is 5.92 Å². The number of aliphatic carboxylic acids is 1. The van der Waals surface area contributed by atoms with Gasteiger partial charge in [-0.1, -0.05) is 6.08 Å². The number of hydrogen-bond acceptors (Lipinski definition) is 2. The second-order valence-corrected chi connectivity index (χ2v) is 2.86. The van der Waals surface area contributed by atoms with E-state index in [1.165, 1.54) is 0 Å². The van der Waals surface area contributed by atoms with E-state index in [0.717, 1.165) is 0 Å². The van der Waals surface area contributed by atoms with Crippen LogP contribution >= 0.6 is 0 Å². The first-order valence-electron chi connectivity index (χ1n) is 3.79. The van der Waals surface area contributed by atoms with Gasteiger partial charge in [-0.15, -0.1) is 6.58 Å². The van der Waals surface area contributed by atoms with E-state index < -0.39 is 12.0 Å². The molecule has 1 amide bonds. The quantitative estimate of drug-likeness (QED) is 0.591. The highest BCUT2D eigenvalue weighted by Gasteiger charge is 2.34. The van der Waals surface area contributed by atoms with Crippen molar-refractivity contribution < 1.29 is 14.7 Å². The van der Waals surface area contributed by atoms with Gasteiger partial charge in [-0.2, -0.15) is 0 Å². The Balaban J connectivity index is 2.55. The number of carbonyl (C=O) groups excluding carboxylic acids is 1. The minimum Gasteiger partial charge on any atom is -0.480 e. The van der Waals surface area contributed by atoms with Crippen molar-refractivity contribution in [2.24, 2.45) is 5.92 Å². The van der Waals surface area contributed by atoms with Crippen LogP contribution in [0.5, 0.6) is 0 Å². The van der Waals surface area contributed by atoms with Crippen LogP contribution in [-0.4, -0.2) is 23.0 Å². The summed E-state index contributed by atoms with van der Waals surface area (Å²) in [6.07, 6.45) is 2.56. The third kappa shape index (κ3) is 1.64. The number of carboxylic acid groups (broad SMARTS) is 1. The van der Waals surface area contributed by atoms with E-state index in [9.17, 15) is 9.59 Å². The van der Waals surface area contributed by atoms with Crippen LogP contribution in [0.25, 0.3) is 0 Å². The first-order valence-corrected chi connectivity index (χ1v) is 3.79. The van der Waals surface area contributed by atoms with Crippen LogP contribution < -0.4 is 5.32 Å². The minimum absolute atomic E-state index is 0.178. The number of carbonyl (C=O) groups is 2. The van der Waals surface area contributed by atoms with Crippen LogP contribution in [0.1, 0.15) is 12.8 Å². The lowest BCUT2D eigenvalue weighted by Crippen LogP contribution is -2.32. The lowest BCUT2D eigenvalue weighted by Gasteiger charge is -2.00. The maximum absolute atomic E-state index is 11.1. The van der Waals surface area contributed by atoms with Gasteiger partial charge in [-0.3, -0.25) is 4.79 Å². The molecule has 1 aliphatic heterocycles. The van der Waals surface area contributed by atoms with E-state index in [0.29, 0.717) is 12.8 Å².